The molecule has 0 fully saturated rings. The topological polar surface area (TPSA) is 91.7 Å². The van der Waals surface area contributed by atoms with E-state index in [4.69, 9.17) is 19.2 Å². The van der Waals surface area contributed by atoms with Crippen molar-refractivity contribution in [1.82, 2.24) is 14.9 Å². The first kappa shape index (κ1) is 27.3. The van der Waals surface area contributed by atoms with E-state index >= 15 is 0 Å². The fraction of sp³-hybridized carbons (Fsp3) is 0.250. The van der Waals surface area contributed by atoms with Gasteiger partial charge in [-0.2, -0.15) is 0 Å². The van der Waals surface area contributed by atoms with Crippen molar-refractivity contribution < 1.29 is 19.0 Å². The third kappa shape index (κ3) is 6.03. The van der Waals surface area contributed by atoms with Crippen LogP contribution in [0.4, 0.5) is 0 Å². The molecule has 0 saturated heterocycles. The number of methoxy groups -OCH3 is 3. The van der Waals surface area contributed by atoms with Crippen LogP contribution in [-0.4, -0.2) is 49.1 Å². The van der Waals surface area contributed by atoms with Gasteiger partial charge in [0.1, 0.15) is 10.6 Å². The predicted octanol–water partition coefficient (Wildman–Crippen LogP) is 4.79. The van der Waals surface area contributed by atoms with Gasteiger partial charge in [-0.15, -0.1) is 17.9 Å². The van der Waals surface area contributed by atoms with Gasteiger partial charge in [0.15, 0.2) is 16.7 Å². The van der Waals surface area contributed by atoms with Crippen LogP contribution >= 0.6 is 23.1 Å². The fourth-order valence-electron chi connectivity index (χ4n) is 3.95. The highest BCUT2D eigenvalue weighted by Gasteiger charge is 2.18. The summed E-state index contributed by atoms with van der Waals surface area (Å²) in [5.41, 5.74) is 2.61. The number of nitrogens with zero attached hydrogens (tertiary/aromatic N) is 2. The Morgan fingerprint density at radius 3 is 2.55 bits per heavy atom. The van der Waals surface area contributed by atoms with Gasteiger partial charge in [-0.25, -0.2) is 4.98 Å². The number of amides is 1. The smallest absolute Gasteiger partial charge is 0.263 e. The summed E-state index contributed by atoms with van der Waals surface area (Å²) in [7, 11) is 4.80. The van der Waals surface area contributed by atoms with E-state index in [-0.39, 0.29) is 17.2 Å². The molecule has 4 aromatic rings. The lowest BCUT2D eigenvalue weighted by atomic mass is 10.1. The van der Waals surface area contributed by atoms with E-state index < -0.39 is 0 Å². The Bertz CT molecular complexity index is 1500. The molecule has 198 valence electrons. The number of benzene rings is 2. The van der Waals surface area contributed by atoms with Crippen molar-refractivity contribution in [2.24, 2.45) is 0 Å². The van der Waals surface area contributed by atoms with Crippen LogP contribution in [0.5, 0.6) is 17.2 Å². The second-order valence-electron chi connectivity index (χ2n) is 8.23. The molecule has 0 saturated carbocycles. The highest BCUT2D eigenvalue weighted by Crippen LogP contribution is 2.33. The zero-order valence-corrected chi connectivity index (χ0v) is 23.1. The zero-order chi connectivity index (χ0) is 27.1. The van der Waals surface area contributed by atoms with Crippen LogP contribution in [0.2, 0.25) is 0 Å². The van der Waals surface area contributed by atoms with Crippen LogP contribution in [0.15, 0.2) is 70.5 Å². The van der Waals surface area contributed by atoms with Crippen molar-refractivity contribution in [3.63, 3.8) is 0 Å². The van der Waals surface area contributed by atoms with Crippen LogP contribution in [0.1, 0.15) is 5.56 Å². The molecule has 0 aliphatic heterocycles. The van der Waals surface area contributed by atoms with E-state index in [1.807, 2.05) is 47.8 Å². The molecular weight excluding hydrogens is 522 g/mol. The molecular formula is C28H29N3O5S2. The van der Waals surface area contributed by atoms with Crippen LogP contribution < -0.4 is 25.1 Å². The highest BCUT2D eigenvalue weighted by molar-refractivity contribution is 7.99. The van der Waals surface area contributed by atoms with E-state index in [1.165, 1.54) is 23.1 Å². The van der Waals surface area contributed by atoms with Crippen LogP contribution in [0, 0.1) is 0 Å². The maximum Gasteiger partial charge on any atom is 0.263 e. The lowest BCUT2D eigenvalue weighted by Crippen LogP contribution is -2.28. The largest absolute Gasteiger partial charge is 0.497 e. The van der Waals surface area contributed by atoms with Crippen LogP contribution in [0.25, 0.3) is 21.3 Å². The molecule has 0 spiro atoms. The molecule has 0 aliphatic carbocycles. The molecule has 0 radical (unpaired) electrons. The first-order chi connectivity index (χ1) is 18.5. The van der Waals surface area contributed by atoms with Crippen molar-refractivity contribution in [2.45, 2.75) is 18.1 Å². The summed E-state index contributed by atoms with van der Waals surface area (Å²) in [5.74, 6) is 2.06. The third-order valence-corrected chi connectivity index (χ3v) is 7.74. The number of carbonyl (C=O) groups excluding carboxylic acids is 1. The molecule has 0 aliphatic rings. The number of ether oxygens (including phenoxy) is 3. The molecule has 8 nitrogen and oxygen atoms in total. The predicted molar refractivity (Wildman–Crippen MR) is 153 cm³/mol. The number of fused-ring (bicyclic) bond motifs is 1. The molecule has 0 unspecified atom stereocenters. The van der Waals surface area contributed by atoms with Crippen molar-refractivity contribution in [1.29, 1.82) is 0 Å². The minimum atomic E-state index is -0.154. The van der Waals surface area contributed by atoms with E-state index in [0.717, 1.165) is 22.4 Å². The van der Waals surface area contributed by atoms with Crippen molar-refractivity contribution in [3.8, 4) is 28.4 Å². The molecule has 38 heavy (non-hydrogen) atoms. The lowest BCUT2D eigenvalue weighted by molar-refractivity contribution is -0.118. The number of allylic oxidation sites excluding steroid dienone is 1. The summed E-state index contributed by atoms with van der Waals surface area (Å²) in [6.45, 7) is 4.55. The summed E-state index contributed by atoms with van der Waals surface area (Å²) in [5, 5.41) is 5.92. The number of nitrogens with one attached hydrogen (secondary N) is 1. The SMILES string of the molecule is C=CCn1c(SCC(=O)NCCc2ccc(OC)c(OC)c2)nc2scc(-c3ccc(OC)cc3)c2c1=O. The number of thioether (sulfide) groups is 1. The fourth-order valence-corrected chi connectivity index (χ4v) is 5.78. The van der Waals surface area contributed by atoms with Crippen molar-refractivity contribution in [3.05, 3.63) is 76.4 Å². The van der Waals surface area contributed by atoms with E-state index in [0.29, 0.717) is 46.4 Å². The molecule has 0 atom stereocenters. The summed E-state index contributed by atoms with van der Waals surface area (Å²) in [4.78, 5) is 31.5. The Labute approximate surface area is 229 Å². The van der Waals surface area contributed by atoms with Crippen LogP contribution in [0.3, 0.4) is 0 Å². The summed E-state index contributed by atoms with van der Waals surface area (Å²) < 4.78 is 17.4. The quantitative estimate of drug-likeness (QED) is 0.154. The maximum atomic E-state index is 13.5. The van der Waals surface area contributed by atoms with Gasteiger partial charge in [0, 0.05) is 24.0 Å². The Hall–Kier alpha value is -3.76. The average molecular weight is 552 g/mol. The number of aromatic nitrogens is 2. The highest BCUT2D eigenvalue weighted by atomic mass is 32.2. The van der Waals surface area contributed by atoms with E-state index in [9.17, 15) is 9.59 Å². The number of carbonyl (C=O) groups is 1. The summed E-state index contributed by atoms with van der Waals surface area (Å²) >= 11 is 2.65. The van der Waals surface area contributed by atoms with Crippen LogP contribution in [-0.2, 0) is 17.8 Å². The Morgan fingerprint density at radius 2 is 1.87 bits per heavy atom. The molecule has 4 rings (SSSR count). The molecule has 0 bridgehead atoms. The molecule has 1 N–H and O–H groups in total. The Balaban J connectivity index is 1.46. The molecule has 2 aromatic heterocycles. The monoisotopic (exact) mass is 551 g/mol. The maximum absolute atomic E-state index is 13.5. The number of thiophene rings is 1. The minimum Gasteiger partial charge on any atom is -0.497 e. The first-order valence-corrected chi connectivity index (χ1v) is 13.7. The molecule has 2 heterocycles. The van der Waals surface area contributed by atoms with Gasteiger partial charge in [0.25, 0.3) is 5.56 Å². The van der Waals surface area contributed by atoms with Gasteiger partial charge in [0.2, 0.25) is 5.91 Å². The summed E-state index contributed by atoms with van der Waals surface area (Å²) in [6, 6.07) is 13.3. The standard InChI is InChI=1S/C28H29N3O5S2/c1-5-14-31-27(33)25-21(19-7-9-20(34-2)10-8-19)16-37-26(25)30-28(31)38-17-24(32)29-13-12-18-6-11-22(35-3)23(15-18)36-4/h5-11,15-16H,1,12-14,17H2,2-4H3,(H,29,32). The van der Waals surface area contributed by atoms with Crippen molar-refractivity contribution >= 4 is 39.2 Å². The lowest BCUT2D eigenvalue weighted by Gasteiger charge is -2.12. The molecule has 10 heteroatoms. The average Bonchev–Trinajstić information content (AvgIpc) is 3.37. The third-order valence-electron chi connectivity index (χ3n) is 5.89. The summed E-state index contributed by atoms with van der Waals surface area (Å²) in [6.07, 6.45) is 2.30. The van der Waals surface area contributed by atoms with Gasteiger partial charge in [0.05, 0.1) is 32.5 Å². The van der Waals surface area contributed by atoms with Gasteiger partial charge in [-0.1, -0.05) is 36.0 Å². The number of hydrogen-bond acceptors (Lipinski definition) is 8. The van der Waals surface area contributed by atoms with E-state index in [2.05, 4.69) is 11.9 Å². The Morgan fingerprint density at radius 1 is 1.11 bits per heavy atom. The Kier molecular flexibility index (Phi) is 9.09. The minimum absolute atomic E-state index is 0.137. The van der Waals surface area contributed by atoms with E-state index in [1.54, 1.807) is 32.0 Å². The second-order valence-corrected chi connectivity index (χ2v) is 10.0. The number of hydrogen-bond donors (Lipinski definition) is 1. The van der Waals surface area contributed by atoms with Gasteiger partial charge in [-0.05, 0) is 41.8 Å². The molecule has 1 amide bonds. The van der Waals surface area contributed by atoms with Gasteiger partial charge < -0.3 is 19.5 Å². The normalized spacial score (nSPS) is 10.8. The zero-order valence-electron chi connectivity index (χ0n) is 21.5. The van der Waals surface area contributed by atoms with Crippen molar-refractivity contribution in [2.75, 3.05) is 33.6 Å². The second kappa shape index (κ2) is 12.7. The first-order valence-electron chi connectivity index (χ1n) is 11.9. The van der Waals surface area contributed by atoms with Gasteiger partial charge >= 0.3 is 0 Å². The molecule has 2 aromatic carbocycles. The van der Waals surface area contributed by atoms with Gasteiger partial charge in [-0.3, -0.25) is 14.2 Å². The number of rotatable bonds is 12.